The molecule has 5 aliphatic carbocycles. The Morgan fingerprint density at radius 1 is 0.870 bits per heavy atom. The molecule has 1 amide bonds. The van der Waals surface area contributed by atoms with Crippen molar-refractivity contribution in [2.24, 2.45) is 62.1 Å². The Bertz CT molecular complexity index is 1240. The van der Waals surface area contributed by atoms with E-state index in [1.165, 1.54) is 56.9 Å². The van der Waals surface area contributed by atoms with E-state index in [2.05, 4.69) is 53.4 Å². The topological polar surface area (TPSA) is 92.7 Å². The molecule has 46 heavy (non-hydrogen) atoms. The summed E-state index contributed by atoms with van der Waals surface area (Å²) in [5.74, 6) is 1.82. The Labute approximate surface area is 279 Å². The van der Waals surface area contributed by atoms with Gasteiger partial charge in [-0.1, -0.05) is 46.8 Å². The third-order valence-electron chi connectivity index (χ3n) is 15.8. The van der Waals surface area contributed by atoms with Crippen LogP contribution in [0.25, 0.3) is 0 Å². The fraction of sp³-hybridized carbons (Fsp3) is 0.875. The highest BCUT2D eigenvalue weighted by Crippen LogP contribution is 2.78. The lowest BCUT2D eigenvalue weighted by molar-refractivity contribution is -0.250. The van der Waals surface area contributed by atoms with E-state index in [0.29, 0.717) is 35.0 Å². The van der Waals surface area contributed by atoms with Crippen LogP contribution in [0.4, 0.5) is 0 Å². The zero-order valence-electron chi connectivity index (χ0n) is 30.7. The number of esters is 1. The number of carboxylic acid groups (broad SMARTS) is 1. The zero-order valence-corrected chi connectivity index (χ0v) is 30.7. The SMILES string of the molecule is C=C(C)[C@@H]1CC[C@]2(CCCNC(C)=O)CC[C@]3(C)[C@H](CC[C@@H]4[C@@]5(C)CC[C@H](OC(=O)CC(C)(C)C(=O)O)C(C)(C)[C@@H]5CC[C@]43C)[C@@H]12. The molecule has 10 atom stereocenters. The number of hydrogen-bond donors (Lipinski definition) is 2. The molecule has 6 heteroatoms. The predicted molar refractivity (Wildman–Crippen MR) is 183 cm³/mol. The number of allylic oxidation sites excluding steroid dienone is 1. The number of carbonyl (C=O) groups excluding carboxylic acids is 2. The van der Waals surface area contributed by atoms with E-state index in [4.69, 9.17) is 4.74 Å². The van der Waals surface area contributed by atoms with Crippen LogP contribution in [0.5, 0.6) is 0 Å². The van der Waals surface area contributed by atoms with Crippen LogP contribution in [-0.2, 0) is 19.1 Å². The molecule has 5 saturated carbocycles. The summed E-state index contributed by atoms with van der Waals surface area (Å²) in [7, 11) is 0. The number of aliphatic carboxylic acids is 1. The Morgan fingerprint density at radius 3 is 2.20 bits per heavy atom. The molecule has 0 spiro atoms. The first-order valence-corrected chi connectivity index (χ1v) is 18.6. The molecule has 0 bridgehead atoms. The van der Waals surface area contributed by atoms with Crippen LogP contribution >= 0.6 is 0 Å². The third kappa shape index (κ3) is 5.48. The monoisotopic (exact) mass is 639 g/mol. The van der Waals surface area contributed by atoms with Gasteiger partial charge < -0.3 is 15.2 Å². The summed E-state index contributed by atoms with van der Waals surface area (Å²) in [5, 5.41) is 12.6. The summed E-state index contributed by atoms with van der Waals surface area (Å²) in [5.41, 5.74) is 1.18. The first kappa shape index (κ1) is 35.5. The molecular formula is C40H65NO5. The lowest BCUT2D eigenvalue weighted by Gasteiger charge is -2.73. The number of fused-ring (bicyclic) bond motifs is 7. The lowest BCUT2D eigenvalue weighted by atomic mass is 9.32. The third-order valence-corrected chi connectivity index (χ3v) is 15.8. The molecule has 0 aromatic rings. The minimum Gasteiger partial charge on any atom is -0.481 e. The van der Waals surface area contributed by atoms with Crippen LogP contribution in [0.3, 0.4) is 0 Å². The normalized spacial score (nSPS) is 42.9. The van der Waals surface area contributed by atoms with Crippen LogP contribution in [0.15, 0.2) is 12.2 Å². The first-order chi connectivity index (χ1) is 21.2. The smallest absolute Gasteiger partial charge is 0.309 e. The number of rotatable bonds is 9. The fourth-order valence-electron chi connectivity index (χ4n) is 13.2. The van der Waals surface area contributed by atoms with Crippen LogP contribution in [0.1, 0.15) is 146 Å². The van der Waals surface area contributed by atoms with E-state index in [9.17, 15) is 19.5 Å². The average molecular weight is 640 g/mol. The molecule has 0 unspecified atom stereocenters. The Morgan fingerprint density at radius 2 is 1.57 bits per heavy atom. The molecule has 5 fully saturated rings. The van der Waals surface area contributed by atoms with Crippen LogP contribution in [0, 0.1) is 62.1 Å². The van der Waals surface area contributed by atoms with Gasteiger partial charge >= 0.3 is 11.9 Å². The van der Waals surface area contributed by atoms with Crippen molar-refractivity contribution in [3.63, 3.8) is 0 Å². The maximum atomic E-state index is 13.0. The number of carboxylic acids is 1. The number of amides is 1. The summed E-state index contributed by atoms with van der Waals surface area (Å²) in [6, 6.07) is 0. The summed E-state index contributed by atoms with van der Waals surface area (Å²) in [6.07, 6.45) is 14.0. The van der Waals surface area contributed by atoms with Crippen molar-refractivity contribution in [1.82, 2.24) is 5.32 Å². The number of hydrogen-bond acceptors (Lipinski definition) is 4. The van der Waals surface area contributed by atoms with Gasteiger partial charge in [-0.15, -0.1) is 0 Å². The van der Waals surface area contributed by atoms with E-state index in [0.717, 1.165) is 32.2 Å². The molecule has 5 rings (SSSR count). The van der Waals surface area contributed by atoms with Crippen molar-refractivity contribution >= 4 is 17.8 Å². The summed E-state index contributed by atoms with van der Waals surface area (Å²) in [6.45, 7) is 25.0. The van der Waals surface area contributed by atoms with Crippen LogP contribution in [0.2, 0.25) is 0 Å². The van der Waals surface area contributed by atoms with Gasteiger partial charge in [0.2, 0.25) is 5.91 Å². The maximum Gasteiger partial charge on any atom is 0.309 e. The van der Waals surface area contributed by atoms with Crippen molar-refractivity contribution in [3.05, 3.63) is 12.2 Å². The Balaban J connectivity index is 1.38. The zero-order chi connectivity index (χ0) is 34.1. The van der Waals surface area contributed by atoms with Gasteiger partial charge in [0, 0.05) is 18.9 Å². The van der Waals surface area contributed by atoms with Crippen molar-refractivity contribution < 1.29 is 24.2 Å². The second kappa shape index (κ2) is 11.9. The molecule has 0 aromatic heterocycles. The van der Waals surface area contributed by atoms with E-state index >= 15 is 0 Å². The highest BCUT2D eigenvalue weighted by Gasteiger charge is 2.71. The molecule has 0 saturated heterocycles. The van der Waals surface area contributed by atoms with Crippen molar-refractivity contribution in [2.75, 3.05) is 6.54 Å². The minimum atomic E-state index is -1.13. The minimum absolute atomic E-state index is 0.0735. The largest absolute Gasteiger partial charge is 0.481 e. The highest BCUT2D eigenvalue weighted by atomic mass is 16.5. The summed E-state index contributed by atoms with van der Waals surface area (Å²) >= 11 is 0. The van der Waals surface area contributed by atoms with Gasteiger partial charge in [-0.05, 0) is 149 Å². The quantitative estimate of drug-likeness (QED) is 0.149. The Hall–Kier alpha value is -1.85. The number of carbonyl (C=O) groups is 3. The molecule has 260 valence electrons. The van der Waals surface area contributed by atoms with Gasteiger partial charge in [-0.25, -0.2) is 0 Å². The summed E-state index contributed by atoms with van der Waals surface area (Å²) < 4.78 is 6.17. The second-order valence-electron chi connectivity index (χ2n) is 18.8. The lowest BCUT2D eigenvalue weighted by Crippen LogP contribution is -2.66. The van der Waals surface area contributed by atoms with Crippen molar-refractivity contribution in [3.8, 4) is 0 Å². The van der Waals surface area contributed by atoms with Gasteiger partial charge in [-0.3, -0.25) is 14.4 Å². The fourth-order valence-corrected chi connectivity index (χ4v) is 13.2. The van der Waals surface area contributed by atoms with E-state index < -0.39 is 11.4 Å². The standard InChI is InChI=1S/C40H65NO5/c1-25(2)27-14-20-40(17-11-23-41-26(3)42)22-21-38(9)28(33(27)40)12-13-30-37(8)18-16-31(46-32(43)24-35(4,5)34(44)45)36(6,7)29(37)15-19-39(30,38)10/h27-31,33H,1,11-24H2,2-10H3,(H,41,42)(H,44,45)/t27-,28+,29-,30+,31-,33+,37-,38+,39+,40+/m0/s1. The molecule has 2 N–H and O–H groups in total. The molecule has 6 nitrogen and oxygen atoms in total. The van der Waals surface area contributed by atoms with Crippen molar-refractivity contribution in [1.29, 1.82) is 0 Å². The number of ether oxygens (including phenoxy) is 1. The van der Waals surface area contributed by atoms with Crippen LogP contribution < -0.4 is 5.32 Å². The predicted octanol–water partition coefficient (Wildman–Crippen LogP) is 8.97. The molecular weight excluding hydrogens is 574 g/mol. The second-order valence-corrected chi connectivity index (χ2v) is 18.8. The van der Waals surface area contributed by atoms with Crippen LogP contribution in [-0.4, -0.2) is 35.6 Å². The van der Waals surface area contributed by atoms with E-state index in [1.54, 1.807) is 20.8 Å². The van der Waals surface area contributed by atoms with Crippen molar-refractivity contribution in [2.45, 2.75) is 152 Å². The highest BCUT2D eigenvalue weighted by molar-refractivity contribution is 5.81. The number of nitrogens with one attached hydrogen (secondary N) is 1. The van der Waals surface area contributed by atoms with Gasteiger partial charge in [0.05, 0.1) is 11.8 Å². The molecule has 5 aliphatic rings. The molecule has 0 heterocycles. The first-order valence-electron chi connectivity index (χ1n) is 18.6. The van der Waals surface area contributed by atoms with E-state index in [1.807, 2.05) is 0 Å². The summed E-state index contributed by atoms with van der Waals surface area (Å²) in [4.78, 5) is 36.3. The molecule has 0 aromatic carbocycles. The van der Waals surface area contributed by atoms with Gasteiger partial charge in [0.1, 0.15) is 6.10 Å². The average Bonchev–Trinajstić information content (AvgIpc) is 3.33. The van der Waals surface area contributed by atoms with Gasteiger partial charge in [0.25, 0.3) is 0 Å². The molecule has 0 aliphatic heterocycles. The molecule has 0 radical (unpaired) electrons. The van der Waals surface area contributed by atoms with Gasteiger partial charge in [0.15, 0.2) is 0 Å². The maximum absolute atomic E-state index is 13.0. The van der Waals surface area contributed by atoms with E-state index in [-0.39, 0.29) is 46.1 Å². The Kier molecular flexibility index (Phi) is 9.20. The van der Waals surface area contributed by atoms with Gasteiger partial charge in [-0.2, -0.15) is 0 Å².